The lowest BCUT2D eigenvalue weighted by Crippen LogP contribution is -2.07. The lowest BCUT2D eigenvalue weighted by Gasteiger charge is -2.02. The van der Waals surface area contributed by atoms with Crippen LogP contribution in [0.4, 0.5) is 0 Å². The minimum Gasteiger partial charge on any atom is -0.485 e. The number of ether oxygens (including phenoxy) is 2. The SMILES string of the molecule is C=C(OCCOC)C(=O)O. The Morgan fingerprint density at radius 3 is 2.60 bits per heavy atom. The molecule has 1 N–H and O–H groups in total. The zero-order valence-corrected chi connectivity index (χ0v) is 5.79. The summed E-state index contributed by atoms with van der Waals surface area (Å²) >= 11 is 0. The Bertz CT molecular complexity index is 130. The van der Waals surface area contributed by atoms with Crippen LogP contribution in [0.2, 0.25) is 0 Å². The molecule has 58 valence electrons. The van der Waals surface area contributed by atoms with Gasteiger partial charge in [0.25, 0.3) is 0 Å². The van der Waals surface area contributed by atoms with Gasteiger partial charge in [-0.05, 0) is 6.58 Å². The van der Waals surface area contributed by atoms with E-state index in [4.69, 9.17) is 5.11 Å². The van der Waals surface area contributed by atoms with Crippen molar-refractivity contribution in [2.24, 2.45) is 0 Å². The van der Waals surface area contributed by atoms with Crippen LogP contribution in [0.1, 0.15) is 0 Å². The Hall–Kier alpha value is -1.03. The number of carbonyl (C=O) groups is 1. The second-order valence-corrected chi connectivity index (χ2v) is 1.57. The molecule has 0 rings (SSSR count). The monoisotopic (exact) mass is 146 g/mol. The van der Waals surface area contributed by atoms with Gasteiger partial charge in [0.05, 0.1) is 6.61 Å². The molecular formula is C6H10O4. The van der Waals surface area contributed by atoms with E-state index < -0.39 is 5.97 Å². The molecule has 0 aliphatic carbocycles. The van der Waals surface area contributed by atoms with E-state index in [9.17, 15) is 4.79 Å². The predicted octanol–water partition coefficient (Wildman–Crippen LogP) is 0.248. The van der Waals surface area contributed by atoms with Crippen LogP contribution in [0.5, 0.6) is 0 Å². The van der Waals surface area contributed by atoms with Crippen LogP contribution < -0.4 is 0 Å². The molecule has 0 aromatic heterocycles. The number of carboxylic acid groups (broad SMARTS) is 1. The van der Waals surface area contributed by atoms with Gasteiger partial charge in [-0.1, -0.05) is 0 Å². The Balaban J connectivity index is 3.31. The second-order valence-electron chi connectivity index (χ2n) is 1.57. The Labute approximate surface area is 59.1 Å². The molecule has 0 fully saturated rings. The van der Waals surface area contributed by atoms with Crippen molar-refractivity contribution in [3.8, 4) is 0 Å². The molecule has 0 bridgehead atoms. The number of carboxylic acids is 1. The summed E-state index contributed by atoms with van der Waals surface area (Å²) in [4.78, 5) is 10.0. The molecular weight excluding hydrogens is 136 g/mol. The molecule has 4 heteroatoms. The van der Waals surface area contributed by atoms with Crippen molar-refractivity contribution >= 4 is 5.97 Å². The van der Waals surface area contributed by atoms with Gasteiger partial charge in [0.1, 0.15) is 6.61 Å². The maximum atomic E-state index is 10.0. The number of rotatable bonds is 5. The summed E-state index contributed by atoms with van der Waals surface area (Å²) < 4.78 is 9.24. The normalized spacial score (nSPS) is 8.90. The lowest BCUT2D eigenvalue weighted by molar-refractivity contribution is -0.136. The molecule has 0 aromatic carbocycles. The first-order chi connectivity index (χ1) is 4.68. The van der Waals surface area contributed by atoms with Crippen molar-refractivity contribution in [2.45, 2.75) is 0 Å². The largest absolute Gasteiger partial charge is 0.485 e. The molecule has 0 aromatic rings. The van der Waals surface area contributed by atoms with Crippen LogP contribution in [0.25, 0.3) is 0 Å². The molecule has 0 amide bonds. The number of hydrogen-bond acceptors (Lipinski definition) is 3. The molecule has 0 aliphatic heterocycles. The molecule has 0 atom stereocenters. The first-order valence-electron chi connectivity index (χ1n) is 2.72. The fourth-order valence-corrected chi connectivity index (χ4v) is 0.310. The highest BCUT2D eigenvalue weighted by molar-refractivity contribution is 5.83. The molecule has 10 heavy (non-hydrogen) atoms. The van der Waals surface area contributed by atoms with E-state index in [-0.39, 0.29) is 12.4 Å². The second kappa shape index (κ2) is 4.81. The molecule has 0 spiro atoms. The minimum absolute atomic E-state index is 0.224. The summed E-state index contributed by atoms with van der Waals surface area (Å²) in [6.45, 7) is 3.74. The average Bonchev–Trinajstić information content (AvgIpc) is 1.88. The van der Waals surface area contributed by atoms with Gasteiger partial charge in [-0.3, -0.25) is 0 Å². The molecule has 4 nitrogen and oxygen atoms in total. The average molecular weight is 146 g/mol. The molecule has 0 radical (unpaired) electrons. The maximum Gasteiger partial charge on any atom is 0.370 e. The van der Waals surface area contributed by atoms with Gasteiger partial charge in [0, 0.05) is 7.11 Å². The quantitative estimate of drug-likeness (QED) is 0.343. The maximum absolute atomic E-state index is 10.0. The highest BCUT2D eigenvalue weighted by Gasteiger charge is 2.02. The van der Waals surface area contributed by atoms with Gasteiger partial charge in [0.15, 0.2) is 5.76 Å². The summed E-state index contributed by atoms with van der Waals surface area (Å²) in [6.07, 6.45) is 0. The van der Waals surface area contributed by atoms with Crippen molar-refractivity contribution in [2.75, 3.05) is 20.3 Å². The molecule has 0 heterocycles. The third-order valence-electron chi connectivity index (χ3n) is 0.802. The van der Waals surface area contributed by atoms with Gasteiger partial charge in [-0.15, -0.1) is 0 Å². The summed E-state index contributed by atoms with van der Waals surface area (Å²) in [7, 11) is 1.51. The number of aliphatic carboxylic acids is 1. The van der Waals surface area contributed by atoms with Gasteiger partial charge in [-0.25, -0.2) is 4.79 Å². The van der Waals surface area contributed by atoms with Crippen molar-refractivity contribution in [3.63, 3.8) is 0 Å². The molecule has 0 aliphatic rings. The minimum atomic E-state index is -1.14. The molecule has 0 saturated heterocycles. The Kier molecular flexibility index (Phi) is 4.32. The standard InChI is InChI=1S/C6H10O4/c1-5(6(7)8)10-4-3-9-2/h1,3-4H2,2H3,(H,7,8). The van der Waals surface area contributed by atoms with E-state index >= 15 is 0 Å². The summed E-state index contributed by atoms with van der Waals surface area (Å²) in [5.41, 5.74) is 0. The highest BCUT2D eigenvalue weighted by atomic mass is 16.5. The van der Waals surface area contributed by atoms with Gasteiger partial charge >= 0.3 is 5.97 Å². The predicted molar refractivity (Wildman–Crippen MR) is 34.6 cm³/mol. The Morgan fingerprint density at radius 2 is 2.20 bits per heavy atom. The fraction of sp³-hybridized carbons (Fsp3) is 0.500. The zero-order chi connectivity index (χ0) is 7.98. The van der Waals surface area contributed by atoms with Gasteiger partial charge < -0.3 is 14.6 Å². The van der Waals surface area contributed by atoms with E-state index in [1.807, 2.05) is 0 Å². The van der Waals surface area contributed by atoms with Crippen LogP contribution in [-0.4, -0.2) is 31.4 Å². The van der Waals surface area contributed by atoms with Crippen LogP contribution in [0, 0.1) is 0 Å². The van der Waals surface area contributed by atoms with E-state index in [0.29, 0.717) is 6.61 Å². The smallest absolute Gasteiger partial charge is 0.370 e. The van der Waals surface area contributed by atoms with Crippen molar-refractivity contribution in [3.05, 3.63) is 12.3 Å². The van der Waals surface area contributed by atoms with Crippen LogP contribution in [0.3, 0.4) is 0 Å². The van der Waals surface area contributed by atoms with Gasteiger partial charge in [-0.2, -0.15) is 0 Å². The first-order valence-corrected chi connectivity index (χ1v) is 2.72. The van der Waals surface area contributed by atoms with Crippen molar-refractivity contribution in [1.29, 1.82) is 0 Å². The third kappa shape index (κ3) is 3.91. The number of methoxy groups -OCH3 is 1. The van der Waals surface area contributed by atoms with Crippen molar-refractivity contribution in [1.82, 2.24) is 0 Å². The van der Waals surface area contributed by atoms with E-state index in [0.717, 1.165) is 0 Å². The molecule has 0 saturated carbocycles. The van der Waals surface area contributed by atoms with Crippen LogP contribution in [-0.2, 0) is 14.3 Å². The van der Waals surface area contributed by atoms with Crippen molar-refractivity contribution < 1.29 is 19.4 Å². The summed E-state index contributed by atoms with van der Waals surface area (Å²) in [5.74, 6) is -1.40. The highest BCUT2D eigenvalue weighted by Crippen LogP contribution is 1.91. The topological polar surface area (TPSA) is 55.8 Å². The number of hydrogen-bond donors (Lipinski definition) is 1. The van der Waals surface area contributed by atoms with E-state index in [2.05, 4.69) is 16.1 Å². The zero-order valence-electron chi connectivity index (χ0n) is 5.79. The van der Waals surface area contributed by atoms with Gasteiger partial charge in [0.2, 0.25) is 0 Å². The Morgan fingerprint density at radius 1 is 1.60 bits per heavy atom. The lowest BCUT2D eigenvalue weighted by atomic mass is 10.6. The van der Waals surface area contributed by atoms with Crippen LogP contribution in [0.15, 0.2) is 12.3 Å². The van der Waals surface area contributed by atoms with E-state index in [1.165, 1.54) is 7.11 Å². The van der Waals surface area contributed by atoms with E-state index in [1.54, 1.807) is 0 Å². The fourth-order valence-electron chi connectivity index (χ4n) is 0.310. The third-order valence-corrected chi connectivity index (χ3v) is 0.802. The summed E-state index contributed by atoms with van der Waals surface area (Å²) in [5, 5.41) is 8.22. The molecule has 0 unspecified atom stereocenters. The van der Waals surface area contributed by atoms with Crippen LogP contribution >= 0.6 is 0 Å². The first kappa shape index (κ1) is 8.97. The summed E-state index contributed by atoms with van der Waals surface area (Å²) in [6, 6.07) is 0.